The van der Waals surface area contributed by atoms with Gasteiger partial charge in [0.2, 0.25) is 0 Å². The quantitative estimate of drug-likeness (QED) is 0.819. The first-order valence-corrected chi connectivity index (χ1v) is 10.4. The maximum absolute atomic E-state index is 12.9. The first-order valence-electron chi connectivity index (χ1n) is 9.03. The van der Waals surface area contributed by atoms with Gasteiger partial charge in [0.1, 0.15) is 0 Å². The second-order valence-corrected chi connectivity index (χ2v) is 9.23. The number of piperidine rings is 1. The summed E-state index contributed by atoms with van der Waals surface area (Å²) in [6.07, 6.45) is 4.51. The van der Waals surface area contributed by atoms with Crippen molar-refractivity contribution < 1.29 is 8.42 Å². The number of rotatable bonds is 5. The summed E-state index contributed by atoms with van der Waals surface area (Å²) in [5.74, 6) is 0.443. The van der Waals surface area contributed by atoms with E-state index in [-0.39, 0.29) is 0 Å². The smallest absolute Gasteiger partial charge is 0.282 e. The van der Waals surface area contributed by atoms with Gasteiger partial charge in [-0.05, 0) is 43.2 Å². The summed E-state index contributed by atoms with van der Waals surface area (Å²) >= 11 is 0. The van der Waals surface area contributed by atoms with E-state index in [9.17, 15) is 8.42 Å². The predicted octanol–water partition coefficient (Wildman–Crippen LogP) is 2.70. The summed E-state index contributed by atoms with van der Waals surface area (Å²) in [5, 5.41) is 0. The van der Waals surface area contributed by atoms with Crippen LogP contribution in [0.3, 0.4) is 0 Å². The molecule has 0 radical (unpaired) electrons. The van der Waals surface area contributed by atoms with Crippen molar-refractivity contribution in [2.24, 2.45) is 5.92 Å². The largest absolute Gasteiger partial charge is 0.371 e. The minimum absolute atomic E-state index is 0.430. The van der Waals surface area contributed by atoms with E-state index in [1.54, 1.807) is 11.4 Å². The molecule has 2 aliphatic heterocycles. The first-order chi connectivity index (χ1) is 11.5. The maximum Gasteiger partial charge on any atom is 0.282 e. The molecule has 24 heavy (non-hydrogen) atoms. The van der Waals surface area contributed by atoms with Crippen molar-refractivity contribution in [3.05, 3.63) is 29.8 Å². The highest BCUT2D eigenvalue weighted by molar-refractivity contribution is 7.86. The lowest BCUT2D eigenvalue weighted by atomic mass is 10.0. The van der Waals surface area contributed by atoms with Gasteiger partial charge in [-0.15, -0.1) is 0 Å². The predicted molar refractivity (Wildman–Crippen MR) is 98.2 cm³/mol. The van der Waals surface area contributed by atoms with Crippen molar-refractivity contribution in [1.82, 2.24) is 8.61 Å². The molecule has 5 nitrogen and oxygen atoms in total. The molecule has 0 aromatic heterocycles. The highest BCUT2D eigenvalue weighted by Crippen LogP contribution is 2.27. The molecule has 2 saturated heterocycles. The van der Waals surface area contributed by atoms with Gasteiger partial charge in [0, 0.05) is 45.5 Å². The Morgan fingerprint density at radius 1 is 1.12 bits per heavy atom. The van der Waals surface area contributed by atoms with Gasteiger partial charge in [-0.1, -0.05) is 25.1 Å². The zero-order valence-corrected chi connectivity index (χ0v) is 15.6. The molecule has 1 atom stereocenters. The molecule has 1 unspecified atom stereocenters. The van der Waals surface area contributed by atoms with Gasteiger partial charge in [-0.3, -0.25) is 0 Å². The molecule has 0 amide bonds. The van der Waals surface area contributed by atoms with Crippen LogP contribution in [0.1, 0.15) is 38.2 Å². The summed E-state index contributed by atoms with van der Waals surface area (Å²) < 4.78 is 29.0. The lowest BCUT2D eigenvalue weighted by molar-refractivity contribution is 0.263. The van der Waals surface area contributed by atoms with Gasteiger partial charge in [-0.25, -0.2) is 0 Å². The number of hydrogen-bond donors (Lipinski definition) is 0. The Morgan fingerprint density at radius 3 is 2.54 bits per heavy atom. The third-order valence-corrected chi connectivity index (χ3v) is 7.07. The molecule has 0 bridgehead atoms. The van der Waals surface area contributed by atoms with Crippen molar-refractivity contribution >= 4 is 15.9 Å². The second-order valence-electron chi connectivity index (χ2n) is 7.19. The Labute approximate surface area is 146 Å². The van der Waals surface area contributed by atoms with Crippen LogP contribution < -0.4 is 4.90 Å². The minimum atomic E-state index is -3.39. The topological polar surface area (TPSA) is 43.9 Å². The molecule has 0 spiro atoms. The highest BCUT2D eigenvalue weighted by atomic mass is 32.2. The zero-order valence-electron chi connectivity index (χ0n) is 14.8. The molecule has 2 fully saturated rings. The number of benzene rings is 1. The lowest BCUT2D eigenvalue weighted by Crippen LogP contribution is -2.46. The molecule has 134 valence electrons. The Hall–Kier alpha value is -1.11. The lowest BCUT2D eigenvalue weighted by Gasteiger charge is -2.33. The van der Waals surface area contributed by atoms with Crippen LogP contribution in [-0.2, 0) is 16.8 Å². The molecule has 1 aromatic rings. The van der Waals surface area contributed by atoms with Gasteiger partial charge >= 0.3 is 0 Å². The highest BCUT2D eigenvalue weighted by Gasteiger charge is 2.31. The maximum atomic E-state index is 12.9. The average molecular weight is 352 g/mol. The van der Waals surface area contributed by atoms with Crippen molar-refractivity contribution in [2.75, 3.05) is 38.1 Å². The molecule has 0 aliphatic carbocycles. The van der Waals surface area contributed by atoms with Gasteiger partial charge in [0.15, 0.2) is 0 Å². The van der Waals surface area contributed by atoms with Gasteiger partial charge in [-0.2, -0.15) is 17.0 Å². The monoisotopic (exact) mass is 351 g/mol. The van der Waals surface area contributed by atoms with E-state index in [0.29, 0.717) is 25.6 Å². The summed E-state index contributed by atoms with van der Waals surface area (Å²) in [6, 6.07) is 8.21. The van der Waals surface area contributed by atoms with E-state index in [0.717, 1.165) is 31.5 Å². The second kappa shape index (κ2) is 7.42. The van der Waals surface area contributed by atoms with Crippen molar-refractivity contribution in [2.45, 2.75) is 39.2 Å². The van der Waals surface area contributed by atoms with E-state index >= 15 is 0 Å². The van der Waals surface area contributed by atoms with E-state index in [1.807, 2.05) is 12.1 Å². The van der Waals surface area contributed by atoms with E-state index in [4.69, 9.17) is 0 Å². The van der Waals surface area contributed by atoms with Crippen LogP contribution in [0.4, 0.5) is 5.69 Å². The van der Waals surface area contributed by atoms with Crippen LogP contribution in [-0.4, -0.2) is 50.3 Å². The molecule has 6 heteroatoms. The Bertz CT molecular complexity index is 656. The van der Waals surface area contributed by atoms with Crippen LogP contribution in [0.15, 0.2) is 24.3 Å². The molecule has 2 heterocycles. The Kier molecular flexibility index (Phi) is 5.47. The van der Waals surface area contributed by atoms with Crippen LogP contribution in [0, 0.1) is 5.92 Å². The first kappa shape index (κ1) is 17.7. The van der Waals surface area contributed by atoms with Gasteiger partial charge in [0.25, 0.3) is 10.2 Å². The van der Waals surface area contributed by atoms with Crippen LogP contribution in [0.2, 0.25) is 0 Å². The van der Waals surface area contributed by atoms with Crippen molar-refractivity contribution in [3.8, 4) is 0 Å². The Morgan fingerprint density at radius 2 is 1.83 bits per heavy atom. The summed E-state index contributed by atoms with van der Waals surface area (Å²) in [5.41, 5.74) is 2.28. The average Bonchev–Trinajstić information content (AvgIpc) is 3.09. The minimum Gasteiger partial charge on any atom is -0.371 e. The molecular weight excluding hydrogens is 322 g/mol. The molecule has 0 N–H and O–H groups in total. The van der Waals surface area contributed by atoms with Gasteiger partial charge in [0.05, 0.1) is 0 Å². The normalized spacial score (nSPS) is 23.1. The summed E-state index contributed by atoms with van der Waals surface area (Å²) in [4.78, 5) is 2.37. The molecular formula is C18H29N3O2S. The van der Waals surface area contributed by atoms with E-state index in [2.05, 4.69) is 24.0 Å². The van der Waals surface area contributed by atoms with E-state index in [1.165, 1.54) is 22.8 Å². The summed E-state index contributed by atoms with van der Waals surface area (Å²) in [7, 11) is -1.68. The Balaban J connectivity index is 1.75. The molecule has 2 aliphatic rings. The van der Waals surface area contributed by atoms with Crippen molar-refractivity contribution in [3.63, 3.8) is 0 Å². The molecule has 0 saturated carbocycles. The zero-order chi connectivity index (χ0) is 17.2. The van der Waals surface area contributed by atoms with Gasteiger partial charge < -0.3 is 4.90 Å². The summed E-state index contributed by atoms with van der Waals surface area (Å²) in [6.45, 7) is 5.98. The number of anilines is 1. The third kappa shape index (κ3) is 3.76. The number of nitrogens with zero attached hydrogens (tertiary/aromatic N) is 3. The third-order valence-electron chi connectivity index (χ3n) is 5.17. The molecule has 1 aromatic carbocycles. The number of para-hydroxylation sites is 1. The van der Waals surface area contributed by atoms with Crippen LogP contribution >= 0.6 is 0 Å². The fourth-order valence-corrected chi connectivity index (χ4v) is 5.28. The number of hydrogen-bond acceptors (Lipinski definition) is 3. The van der Waals surface area contributed by atoms with Crippen LogP contribution in [0.25, 0.3) is 0 Å². The van der Waals surface area contributed by atoms with E-state index < -0.39 is 10.2 Å². The van der Waals surface area contributed by atoms with Crippen molar-refractivity contribution in [1.29, 1.82) is 0 Å². The standard InChI is InChI=1S/C18H29N3O2S/c1-16-8-7-13-21(14-16)24(22,23)19(2)15-17-9-3-4-10-18(17)20-11-5-6-12-20/h3-4,9-10,16H,5-8,11-15H2,1-2H3. The fourth-order valence-electron chi connectivity index (χ4n) is 3.79. The SMILES string of the molecule is CC1CCCN(S(=O)(=O)N(C)Cc2ccccc2N2CCCC2)C1. The molecule has 3 rings (SSSR count). The van der Waals surface area contributed by atoms with Crippen LogP contribution in [0.5, 0.6) is 0 Å². The fraction of sp³-hybridized carbons (Fsp3) is 0.667.